The summed E-state index contributed by atoms with van der Waals surface area (Å²) in [5.74, 6) is 1.30. The maximum Gasteiger partial charge on any atom is 0.469 e. The Kier molecular flexibility index (Phi) is 28.1. The van der Waals surface area contributed by atoms with Gasteiger partial charge in [-0.3, -0.25) is 4.52 Å². The monoisotopic (exact) mass is 552 g/mol. The van der Waals surface area contributed by atoms with Gasteiger partial charge in [0.05, 0.1) is 6.61 Å². The number of rotatable bonds is 20. The van der Waals surface area contributed by atoms with E-state index in [1.54, 1.807) is 0 Å². The number of phosphoric ester groups is 1. The third-order valence-corrected chi connectivity index (χ3v) is 7.80. The maximum absolute atomic E-state index is 10.2. The second-order valence-corrected chi connectivity index (χ2v) is 13.5. The molecule has 0 aliphatic carbocycles. The van der Waals surface area contributed by atoms with E-state index in [0.29, 0.717) is 11.8 Å². The van der Waals surface area contributed by atoms with Crippen molar-refractivity contribution in [3.63, 3.8) is 0 Å². The molecular weight excluding hydrogens is 483 g/mol. The maximum atomic E-state index is 10.2. The molecule has 0 spiro atoms. The highest BCUT2D eigenvalue weighted by atomic mass is 31.2. The fourth-order valence-electron chi connectivity index (χ4n) is 3.56. The van der Waals surface area contributed by atoms with Crippen LogP contribution >= 0.6 is 7.82 Å². The van der Waals surface area contributed by atoms with Crippen molar-refractivity contribution in [1.29, 1.82) is 0 Å². The first-order valence-corrected chi connectivity index (χ1v) is 16.8. The molecule has 0 rings (SSSR count). The zero-order chi connectivity index (χ0) is 29.4. The van der Waals surface area contributed by atoms with Crippen molar-refractivity contribution in [2.75, 3.05) is 6.61 Å². The number of hydrogen-bond acceptors (Lipinski definition) is 4. The highest BCUT2D eigenvalue weighted by Crippen LogP contribution is 2.35. The average Bonchev–Trinajstić information content (AvgIpc) is 2.77. The van der Waals surface area contributed by atoms with Gasteiger partial charge in [0.25, 0.3) is 0 Å². The number of phosphoric acid groups is 1. The Balaban J connectivity index is -0.000000469. The standard InChI is InChI=1S/2C11H25N.C8H19O4P/c2*1-5-6-7-8-9-10(2)11(3,4)12;1-2-3-4-5-6-7-8-12-13(9,10)11/h2*10H,5-9,12H2,1-4H3;2-8H2,1H3,(H2,9,10,11). The van der Waals surface area contributed by atoms with Crippen molar-refractivity contribution >= 4 is 7.82 Å². The summed E-state index contributed by atoms with van der Waals surface area (Å²) in [4.78, 5) is 16.7. The largest absolute Gasteiger partial charge is 0.469 e. The lowest BCUT2D eigenvalue weighted by Gasteiger charge is -2.27. The minimum absolute atomic E-state index is 0.00617. The Labute approximate surface area is 232 Å². The Morgan fingerprint density at radius 3 is 1.22 bits per heavy atom. The highest BCUT2D eigenvalue weighted by molar-refractivity contribution is 7.46. The molecule has 6 nitrogen and oxygen atoms in total. The summed E-state index contributed by atoms with van der Waals surface area (Å²) in [6.07, 6.45) is 19.9. The molecule has 0 bridgehead atoms. The van der Waals surface area contributed by atoms with Crippen molar-refractivity contribution in [3.8, 4) is 0 Å². The van der Waals surface area contributed by atoms with Gasteiger partial charge < -0.3 is 21.3 Å². The Bertz CT molecular complexity index is 485. The summed E-state index contributed by atoms with van der Waals surface area (Å²) in [5.41, 5.74) is 12.0. The first-order chi connectivity index (χ1) is 17.0. The first-order valence-electron chi connectivity index (χ1n) is 15.3. The Hall–Kier alpha value is 0.0300. The Morgan fingerprint density at radius 1 is 0.622 bits per heavy atom. The molecular formula is C30H69N2O4P. The van der Waals surface area contributed by atoms with Crippen LogP contribution in [0.4, 0.5) is 0 Å². The average molecular weight is 553 g/mol. The molecule has 0 fully saturated rings. The van der Waals surface area contributed by atoms with Gasteiger partial charge in [-0.15, -0.1) is 0 Å². The fourth-order valence-corrected chi connectivity index (χ4v) is 3.93. The molecule has 2 unspecified atom stereocenters. The molecule has 0 aromatic carbocycles. The molecule has 0 heterocycles. The van der Waals surface area contributed by atoms with Crippen molar-refractivity contribution in [2.45, 2.75) is 176 Å². The minimum atomic E-state index is -4.23. The predicted molar refractivity (Wildman–Crippen MR) is 164 cm³/mol. The van der Waals surface area contributed by atoms with Crippen LogP contribution in [0.3, 0.4) is 0 Å². The van der Waals surface area contributed by atoms with Gasteiger partial charge in [-0.05, 0) is 58.8 Å². The lowest BCUT2D eigenvalue weighted by Crippen LogP contribution is -2.39. The fraction of sp³-hybridized carbons (Fsp3) is 1.00. The lowest BCUT2D eigenvalue weighted by atomic mass is 9.86. The van der Waals surface area contributed by atoms with Crippen LogP contribution in [-0.2, 0) is 9.09 Å². The van der Waals surface area contributed by atoms with E-state index in [1.165, 1.54) is 83.5 Å². The zero-order valence-electron chi connectivity index (χ0n) is 26.5. The second kappa shape index (κ2) is 25.0. The van der Waals surface area contributed by atoms with E-state index in [0.717, 1.165) is 19.3 Å². The number of hydrogen-bond donors (Lipinski definition) is 4. The molecule has 7 heteroatoms. The van der Waals surface area contributed by atoms with Gasteiger partial charge >= 0.3 is 7.82 Å². The van der Waals surface area contributed by atoms with E-state index in [-0.39, 0.29) is 17.7 Å². The third kappa shape index (κ3) is 36.0. The predicted octanol–water partition coefficient (Wildman–Crippen LogP) is 9.12. The molecule has 228 valence electrons. The van der Waals surface area contributed by atoms with E-state index in [2.05, 4.69) is 66.8 Å². The van der Waals surface area contributed by atoms with Gasteiger partial charge in [0.1, 0.15) is 0 Å². The molecule has 0 amide bonds. The molecule has 0 aromatic heterocycles. The van der Waals surface area contributed by atoms with E-state index >= 15 is 0 Å². The topological polar surface area (TPSA) is 119 Å². The van der Waals surface area contributed by atoms with Crippen LogP contribution in [0.5, 0.6) is 0 Å². The van der Waals surface area contributed by atoms with E-state index in [1.807, 2.05) is 0 Å². The van der Waals surface area contributed by atoms with Crippen LogP contribution < -0.4 is 11.5 Å². The molecule has 0 aliphatic heterocycles. The van der Waals surface area contributed by atoms with E-state index in [9.17, 15) is 4.57 Å². The highest BCUT2D eigenvalue weighted by Gasteiger charge is 2.20. The van der Waals surface area contributed by atoms with Gasteiger partial charge in [0.2, 0.25) is 0 Å². The van der Waals surface area contributed by atoms with E-state index in [4.69, 9.17) is 21.3 Å². The molecule has 0 radical (unpaired) electrons. The smallest absolute Gasteiger partial charge is 0.325 e. The SMILES string of the molecule is CCCCCCC(C)C(C)(C)N.CCCCCCC(C)C(C)(C)N.CCCCCCCCOP(=O)(O)O. The zero-order valence-corrected chi connectivity index (χ0v) is 27.4. The third-order valence-electron chi connectivity index (χ3n) is 7.28. The molecule has 0 aromatic rings. The van der Waals surface area contributed by atoms with Crippen molar-refractivity contribution in [3.05, 3.63) is 0 Å². The minimum Gasteiger partial charge on any atom is -0.325 e. The molecule has 37 heavy (non-hydrogen) atoms. The van der Waals surface area contributed by atoms with Gasteiger partial charge in [-0.25, -0.2) is 4.57 Å². The molecule has 6 N–H and O–H groups in total. The summed E-state index contributed by atoms with van der Waals surface area (Å²) >= 11 is 0. The van der Waals surface area contributed by atoms with Crippen molar-refractivity contribution < 1.29 is 18.9 Å². The summed E-state index contributed by atoms with van der Waals surface area (Å²) in [6, 6.07) is 0. The van der Waals surface area contributed by atoms with Gasteiger partial charge in [-0.1, -0.05) is 118 Å². The van der Waals surface area contributed by atoms with Crippen molar-refractivity contribution in [1.82, 2.24) is 0 Å². The van der Waals surface area contributed by atoms with Crippen LogP contribution in [0.2, 0.25) is 0 Å². The molecule has 0 saturated heterocycles. The normalized spacial score (nSPS) is 13.8. The van der Waals surface area contributed by atoms with Crippen LogP contribution in [-0.4, -0.2) is 27.5 Å². The van der Waals surface area contributed by atoms with Crippen LogP contribution in [0.25, 0.3) is 0 Å². The van der Waals surface area contributed by atoms with Crippen LogP contribution in [0.15, 0.2) is 0 Å². The summed E-state index contributed by atoms with van der Waals surface area (Å²) in [6.45, 7) is 19.8. The summed E-state index contributed by atoms with van der Waals surface area (Å²) in [5, 5.41) is 0. The van der Waals surface area contributed by atoms with Crippen LogP contribution in [0, 0.1) is 11.8 Å². The molecule has 0 aliphatic rings. The lowest BCUT2D eigenvalue weighted by molar-refractivity contribution is 0.193. The van der Waals surface area contributed by atoms with Gasteiger partial charge in [0, 0.05) is 11.1 Å². The van der Waals surface area contributed by atoms with Gasteiger partial charge in [0.15, 0.2) is 0 Å². The van der Waals surface area contributed by atoms with Crippen LogP contribution in [0.1, 0.15) is 165 Å². The summed E-state index contributed by atoms with van der Waals surface area (Å²) < 4.78 is 14.5. The van der Waals surface area contributed by atoms with E-state index < -0.39 is 7.82 Å². The quantitative estimate of drug-likeness (QED) is 0.0883. The molecule has 0 saturated carbocycles. The molecule has 2 atom stereocenters. The number of unbranched alkanes of at least 4 members (excludes halogenated alkanes) is 11. The number of nitrogens with two attached hydrogens (primary N) is 2. The summed E-state index contributed by atoms with van der Waals surface area (Å²) in [7, 11) is -4.23. The first kappa shape index (κ1) is 41.5. The second-order valence-electron chi connectivity index (χ2n) is 12.2. The van der Waals surface area contributed by atoms with Gasteiger partial charge in [-0.2, -0.15) is 0 Å². The van der Waals surface area contributed by atoms with Crippen molar-refractivity contribution in [2.24, 2.45) is 23.3 Å². The Morgan fingerprint density at radius 2 is 0.919 bits per heavy atom.